The first kappa shape index (κ1) is 18.7. The molecule has 0 aliphatic rings. The number of amides is 2. The standard InChI is InChI=1S/C20H24N2O3/c1-2-15(13-19(23)22-25)20(24)21-14-18(16-9-5-3-6-10-16)17-11-7-4-8-12-17/h3-12,15,18,25H,2,13-14H2,1H3,(H,21,24)(H,22,23). The monoisotopic (exact) mass is 340 g/mol. The molecular weight excluding hydrogens is 316 g/mol. The van der Waals surface area contributed by atoms with E-state index in [0.29, 0.717) is 13.0 Å². The van der Waals surface area contributed by atoms with Crippen LogP contribution in [0.15, 0.2) is 60.7 Å². The zero-order chi connectivity index (χ0) is 18.1. The maximum absolute atomic E-state index is 12.4. The molecule has 25 heavy (non-hydrogen) atoms. The van der Waals surface area contributed by atoms with Crippen LogP contribution in [0.3, 0.4) is 0 Å². The maximum Gasteiger partial charge on any atom is 0.244 e. The molecule has 0 fully saturated rings. The smallest absolute Gasteiger partial charge is 0.244 e. The van der Waals surface area contributed by atoms with E-state index in [1.54, 1.807) is 5.48 Å². The molecule has 0 saturated carbocycles. The molecule has 1 unspecified atom stereocenters. The lowest BCUT2D eigenvalue weighted by Crippen LogP contribution is -2.36. The maximum atomic E-state index is 12.4. The summed E-state index contributed by atoms with van der Waals surface area (Å²) in [6.07, 6.45) is 0.501. The molecule has 2 rings (SSSR count). The van der Waals surface area contributed by atoms with E-state index in [1.165, 1.54) is 0 Å². The van der Waals surface area contributed by atoms with E-state index < -0.39 is 11.8 Å². The van der Waals surface area contributed by atoms with Crippen LogP contribution in [-0.4, -0.2) is 23.6 Å². The van der Waals surface area contributed by atoms with Gasteiger partial charge in [-0.25, -0.2) is 5.48 Å². The van der Waals surface area contributed by atoms with Crippen LogP contribution in [-0.2, 0) is 9.59 Å². The quantitative estimate of drug-likeness (QED) is 0.511. The predicted octanol–water partition coefficient (Wildman–Crippen LogP) is 2.86. The number of rotatable bonds is 8. The zero-order valence-electron chi connectivity index (χ0n) is 14.3. The molecule has 0 heterocycles. The van der Waals surface area contributed by atoms with Crippen molar-refractivity contribution in [3.63, 3.8) is 0 Å². The summed E-state index contributed by atoms with van der Waals surface area (Å²) in [4.78, 5) is 23.7. The molecule has 132 valence electrons. The van der Waals surface area contributed by atoms with Crippen LogP contribution < -0.4 is 10.8 Å². The van der Waals surface area contributed by atoms with Crippen molar-refractivity contribution in [2.45, 2.75) is 25.7 Å². The summed E-state index contributed by atoms with van der Waals surface area (Å²) in [5.41, 5.74) is 3.82. The Hall–Kier alpha value is -2.66. The average molecular weight is 340 g/mol. The number of benzene rings is 2. The molecule has 2 aromatic rings. The number of hydroxylamine groups is 1. The highest BCUT2D eigenvalue weighted by molar-refractivity contribution is 5.85. The van der Waals surface area contributed by atoms with Gasteiger partial charge in [-0.05, 0) is 17.5 Å². The average Bonchev–Trinajstić information content (AvgIpc) is 2.67. The zero-order valence-corrected chi connectivity index (χ0v) is 14.3. The topological polar surface area (TPSA) is 78.4 Å². The van der Waals surface area contributed by atoms with Crippen LogP contribution >= 0.6 is 0 Å². The van der Waals surface area contributed by atoms with E-state index in [0.717, 1.165) is 11.1 Å². The number of nitrogens with one attached hydrogen (secondary N) is 2. The Morgan fingerprint density at radius 2 is 1.48 bits per heavy atom. The van der Waals surface area contributed by atoms with Crippen LogP contribution in [0, 0.1) is 5.92 Å². The first-order valence-corrected chi connectivity index (χ1v) is 8.46. The summed E-state index contributed by atoms with van der Waals surface area (Å²) in [6.45, 7) is 2.30. The Bertz CT molecular complexity index is 634. The third kappa shape index (κ3) is 5.43. The van der Waals surface area contributed by atoms with Crippen molar-refractivity contribution in [3.05, 3.63) is 71.8 Å². The van der Waals surface area contributed by atoms with Gasteiger partial charge in [-0.15, -0.1) is 0 Å². The minimum atomic E-state index is -0.551. The SMILES string of the molecule is CCC(CC(=O)NO)C(=O)NCC(c1ccccc1)c1ccccc1. The molecule has 0 spiro atoms. The Balaban J connectivity index is 2.10. The molecule has 2 amide bonds. The molecule has 3 N–H and O–H groups in total. The Morgan fingerprint density at radius 3 is 1.92 bits per heavy atom. The second-order valence-electron chi connectivity index (χ2n) is 5.96. The lowest BCUT2D eigenvalue weighted by Gasteiger charge is -2.21. The van der Waals surface area contributed by atoms with Crippen molar-refractivity contribution in [1.29, 1.82) is 0 Å². The molecule has 0 aliphatic heterocycles. The summed E-state index contributed by atoms with van der Waals surface area (Å²) in [7, 11) is 0. The fraction of sp³-hybridized carbons (Fsp3) is 0.300. The lowest BCUT2D eigenvalue weighted by atomic mass is 9.91. The van der Waals surface area contributed by atoms with Crippen molar-refractivity contribution < 1.29 is 14.8 Å². The summed E-state index contributed by atoms with van der Waals surface area (Å²) < 4.78 is 0. The minimum absolute atomic E-state index is 0.0276. The third-order valence-corrected chi connectivity index (χ3v) is 4.30. The van der Waals surface area contributed by atoms with Crippen molar-refractivity contribution in [3.8, 4) is 0 Å². The largest absolute Gasteiger partial charge is 0.355 e. The van der Waals surface area contributed by atoms with Crippen LogP contribution in [0.4, 0.5) is 0 Å². The minimum Gasteiger partial charge on any atom is -0.355 e. The summed E-state index contributed by atoms with van der Waals surface area (Å²) in [6, 6.07) is 20.0. The molecule has 0 bridgehead atoms. The second-order valence-corrected chi connectivity index (χ2v) is 5.96. The number of carbonyl (C=O) groups excluding carboxylic acids is 2. The van der Waals surface area contributed by atoms with E-state index in [4.69, 9.17) is 5.21 Å². The van der Waals surface area contributed by atoms with Crippen LogP contribution in [0.5, 0.6) is 0 Å². The Morgan fingerprint density at radius 1 is 0.960 bits per heavy atom. The van der Waals surface area contributed by atoms with E-state index in [9.17, 15) is 9.59 Å². The van der Waals surface area contributed by atoms with Crippen LogP contribution in [0.2, 0.25) is 0 Å². The molecular formula is C20H24N2O3. The van der Waals surface area contributed by atoms with Gasteiger partial charge in [-0.2, -0.15) is 0 Å². The number of hydrogen-bond donors (Lipinski definition) is 3. The van der Waals surface area contributed by atoms with Crippen LogP contribution in [0.1, 0.15) is 36.8 Å². The van der Waals surface area contributed by atoms with Crippen molar-refractivity contribution in [2.24, 2.45) is 5.92 Å². The van der Waals surface area contributed by atoms with Crippen molar-refractivity contribution in [2.75, 3.05) is 6.54 Å². The van der Waals surface area contributed by atoms with Gasteiger partial charge >= 0.3 is 0 Å². The Labute approximate surface area is 148 Å². The third-order valence-electron chi connectivity index (χ3n) is 4.30. The van der Waals surface area contributed by atoms with Gasteiger partial charge in [0.05, 0.1) is 0 Å². The summed E-state index contributed by atoms with van der Waals surface area (Å²) in [5, 5.41) is 11.6. The molecule has 0 saturated heterocycles. The molecule has 2 aromatic carbocycles. The molecule has 0 aliphatic carbocycles. The fourth-order valence-corrected chi connectivity index (χ4v) is 2.84. The first-order chi connectivity index (χ1) is 12.2. The second kappa shape index (κ2) is 9.59. The van der Waals surface area contributed by atoms with Gasteiger partial charge in [0.25, 0.3) is 0 Å². The van der Waals surface area contributed by atoms with Gasteiger partial charge in [0.1, 0.15) is 0 Å². The van der Waals surface area contributed by atoms with Gasteiger partial charge < -0.3 is 5.32 Å². The van der Waals surface area contributed by atoms with Gasteiger partial charge in [0.15, 0.2) is 0 Å². The molecule has 0 aromatic heterocycles. The highest BCUT2D eigenvalue weighted by Gasteiger charge is 2.22. The lowest BCUT2D eigenvalue weighted by molar-refractivity contribution is -0.134. The summed E-state index contributed by atoms with van der Waals surface area (Å²) in [5.74, 6) is -1.15. The van der Waals surface area contributed by atoms with E-state index in [-0.39, 0.29) is 18.2 Å². The van der Waals surface area contributed by atoms with E-state index in [1.807, 2.05) is 67.6 Å². The van der Waals surface area contributed by atoms with Gasteiger partial charge in [-0.3, -0.25) is 14.8 Å². The number of carbonyl (C=O) groups is 2. The van der Waals surface area contributed by atoms with Gasteiger partial charge in [0.2, 0.25) is 11.8 Å². The molecule has 1 atom stereocenters. The normalized spacial score (nSPS) is 11.8. The van der Waals surface area contributed by atoms with Gasteiger partial charge in [-0.1, -0.05) is 67.6 Å². The van der Waals surface area contributed by atoms with E-state index >= 15 is 0 Å². The Kier molecular flexibility index (Phi) is 7.16. The number of hydrogen-bond acceptors (Lipinski definition) is 3. The van der Waals surface area contributed by atoms with Crippen molar-refractivity contribution in [1.82, 2.24) is 10.8 Å². The molecule has 0 radical (unpaired) electrons. The van der Waals surface area contributed by atoms with Crippen molar-refractivity contribution >= 4 is 11.8 Å². The summed E-state index contributed by atoms with van der Waals surface area (Å²) >= 11 is 0. The predicted molar refractivity (Wildman–Crippen MR) is 96.1 cm³/mol. The molecule has 5 nitrogen and oxygen atoms in total. The first-order valence-electron chi connectivity index (χ1n) is 8.46. The molecule has 5 heteroatoms. The van der Waals surface area contributed by atoms with Gasteiger partial charge in [0, 0.05) is 24.8 Å². The van der Waals surface area contributed by atoms with Crippen LogP contribution in [0.25, 0.3) is 0 Å². The highest BCUT2D eigenvalue weighted by Crippen LogP contribution is 2.24. The van der Waals surface area contributed by atoms with E-state index in [2.05, 4.69) is 5.32 Å². The highest BCUT2D eigenvalue weighted by atomic mass is 16.5. The fourth-order valence-electron chi connectivity index (χ4n) is 2.84.